The number of nitrogens with zero attached hydrogens (tertiary/aromatic N) is 4. The zero-order valence-corrected chi connectivity index (χ0v) is 16.0. The van der Waals surface area contributed by atoms with Crippen molar-refractivity contribution in [3.8, 4) is 11.4 Å². The third-order valence-electron chi connectivity index (χ3n) is 4.10. The molecule has 0 aromatic carbocycles. The molecule has 0 spiro atoms. The van der Waals surface area contributed by atoms with Crippen molar-refractivity contribution in [1.82, 2.24) is 24.7 Å². The summed E-state index contributed by atoms with van der Waals surface area (Å²) in [5, 5.41) is 12.3. The fourth-order valence-electron chi connectivity index (χ4n) is 2.69. The Morgan fingerprint density at radius 3 is 3.10 bits per heavy atom. The van der Waals surface area contributed by atoms with Crippen LogP contribution in [0.2, 0.25) is 0 Å². The number of anilines is 1. The number of aromatic nitrogens is 4. The van der Waals surface area contributed by atoms with Crippen LogP contribution in [0.15, 0.2) is 24.7 Å². The van der Waals surface area contributed by atoms with E-state index >= 15 is 0 Å². The lowest BCUT2D eigenvalue weighted by molar-refractivity contribution is 0.0440. The average Bonchev–Trinajstić information content (AvgIpc) is 3.20. The van der Waals surface area contributed by atoms with E-state index in [0.29, 0.717) is 49.3 Å². The quantitative estimate of drug-likeness (QED) is 0.352. The summed E-state index contributed by atoms with van der Waals surface area (Å²) in [6.07, 6.45) is 2.23. The standard InChI is InChI=1S/C16H20F2N8O2S/c17-16(18)11(19)1-2-14-21-7-13(25-14)12-5-15(23-9-22-12)26-3-4-28-10(8-26)6-24-29(20)27/h1-2,5,7,9-10,16,19,24H,3-4,6,8,20H2,(H,21,25)/b2-1-,19-11?. The zero-order valence-electron chi connectivity index (χ0n) is 15.2. The second-order valence-corrected chi connectivity index (χ2v) is 7.00. The van der Waals surface area contributed by atoms with E-state index in [9.17, 15) is 13.3 Å². The van der Waals surface area contributed by atoms with E-state index in [1.807, 2.05) is 4.90 Å². The van der Waals surface area contributed by atoms with Crippen molar-refractivity contribution in [3.05, 3.63) is 30.5 Å². The van der Waals surface area contributed by atoms with Crippen LogP contribution in [0.1, 0.15) is 5.82 Å². The van der Waals surface area contributed by atoms with Gasteiger partial charge in [-0.1, -0.05) is 0 Å². The van der Waals surface area contributed by atoms with Gasteiger partial charge in [0.1, 0.15) is 29.5 Å². The largest absolute Gasteiger partial charge is 0.579 e. The highest BCUT2D eigenvalue weighted by molar-refractivity contribution is 7.87. The third-order valence-corrected chi connectivity index (χ3v) is 4.55. The molecule has 2 unspecified atom stereocenters. The number of hydrogen-bond acceptors (Lipinski definition) is 9. The summed E-state index contributed by atoms with van der Waals surface area (Å²) in [6.45, 7) is 2.00. The van der Waals surface area contributed by atoms with Crippen molar-refractivity contribution < 1.29 is 18.1 Å². The van der Waals surface area contributed by atoms with Gasteiger partial charge in [0.2, 0.25) is 0 Å². The number of alkyl halides is 2. The van der Waals surface area contributed by atoms with Crippen molar-refractivity contribution in [2.75, 3.05) is 31.1 Å². The molecule has 1 saturated heterocycles. The fraction of sp³-hybridized carbons (Fsp3) is 0.375. The highest BCUT2D eigenvalue weighted by atomic mass is 32.2. The number of nitrogens with two attached hydrogens (primary N) is 1. The molecule has 2 aromatic rings. The second-order valence-electron chi connectivity index (χ2n) is 6.12. The predicted molar refractivity (Wildman–Crippen MR) is 105 cm³/mol. The number of H-pyrrole nitrogens is 1. The van der Waals surface area contributed by atoms with E-state index < -0.39 is 23.7 Å². The summed E-state index contributed by atoms with van der Waals surface area (Å²) in [5.41, 5.74) is 0.374. The molecule has 10 nitrogen and oxygen atoms in total. The number of ether oxygens (including phenoxy) is 1. The van der Waals surface area contributed by atoms with E-state index in [2.05, 4.69) is 24.7 Å². The molecule has 0 amide bonds. The average molecular weight is 426 g/mol. The lowest BCUT2D eigenvalue weighted by Crippen LogP contribution is -2.48. The van der Waals surface area contributed by atoms with E-state index in [0.717, 1.165) is 6.08 Å². The number of morpholine rings is 1. The van der Waals surface area contributed by atoms with Crippen LogP contribution in [0.4, 0.5) is 14.6 Å². The van der Waals surface area contributed by atoms with Crippen LogP contribution in [0.3, 0.4) is 0 Å². The molecular weight excluding hydrogens is 406 g/mol. The summed E-state index contributed by atoms with van der Waals surface area (Å²) in [7, 11) is 0. The second kappa shape index (κ2) is 9.84. The van der Waals surface area contributed by atoms with Crippen molar-refractivity contribution in [2.24, 2.45) is 5.14 Å². The van der Waals surface area contributed by atoms with Crippen LogP contribution in [-0.4, -0.2) is 69.0 Å². The summed E-state index contributed by atoms with van der Waals surface area (Å²) in [5.74, 6) is 1.01. The van der Waals surface area contributed by atoms with Gasteiger partial charge in [0, 0.05) is 19.2 Å². The van der Waals surface area contributed by atoms with Gasteiger partial charge in [-0.3, -0.25) is 5.41 Å². The van der Waals surface area contributed by atoms with Crippen molar-refractivity contribution in [1.29, 1.82) is 5.41 Å². The Labute approximate surface area is 168 Å². The van der Waals surface area contributed by atoms with Crippen LogP contribution in [0.5, 0.6) is 0 Å². The highest BCUT2D eigenvalue weighted by Gasteiger charge is 2.23. The van der Waals surface area contributed by atoms with E-state index in [1.54, 1.807) is 6.07 Å². The maximum atomic E-state index is 12.4. The molecule has 0 bridgehead atoms. The van der Waals surface area contributed by atoms with Gasteiger partial charge in [-0.15, -0.1) is 9.86 Å². The molecular formula is C16H20F2N8O2S. The Hall–Kier alpha value is -2.45. The molecule has 13 heteroatoms. The first-order valence-corrected chi connectivity index (χ1v) is 9.82. The molecule has 0 aliphatic carbocycles. The van der Waals surface area contributed by atoms with Gasteiger partial charge in [0.05, 0.1) is 42.6 Å². The fourth-order valence-corrected chi connectivity index (χ4v) is 3.04. The van der Waals surface area contributed by atoms with Crippen molar-refractivity contribution >= 4 is 29.2 Å². The summed E-state index contributed by atoms with van der Waals surface area (Å²) < 4.78 is 44.0. The molecule has 2 aromatic heterocycles. The SMILES string of the molecule is N=C(/C=C\c1ncc(-c2cc(N3CCOC(CN[S+](N)[O-])C3)ncn2)[nH]1)C(F)F. The van der Waals surface area contributed by atoms with E-state index in [-0.39, 0.29) is 6.10 Å². The van der Waals surface area contributed by atoms with Gasteiger partial charge < -0.3 is 19.2 Å². The van der Waals surface area contributed by atoms with Gasteiger partial charge in [-0.2, -0.15) is 0 Å². The summed E-state index contributed by atoms with van der Waals surface area (Å²) >= 11 is -1.60. The minimum atomic E-state index is -2.83. The number of aromatic amines is 1. The van der Waals surface area contributed by atoms with Gasteiger partial charge in [0.25, 0.3) is 6.43 Å². The molecule has 2 atom stereocenters. The van der Waals surface area contributed by atoms with E-state index in [1.165, 1.54) is 18.6 Å². The first-order valence-electron chi connectivity index (χ1n) is 8.60. The Morgan fingerprint density at radius 2 is 2.34 bits per heavy atom. The van der Waals surface area contributed by atoms with Crippen molar-refractivity contribution in [2.45, 2.75) is 12.5 Å². The van der Waals surface area contributed by atoms with Gasteiger partial charge >= 0.3 is 0 Å². The van der Waals surface area contributed by atoms with Crippen LogP contribution in [-0.2, 0) is 16.3 Å². The summed E-state index contributed by atoms with van der Waals surface area (Å²) in [4.78, 5) is 17.6. The molecule has 1 aliphatic heterocycles. The van der Waals surface area contributed by atoms with Crippen LogP contribution in [0.25, 0.3) is 17.5 Å². The topological polar surface area (TPSA) is 152 Å². The molecule has 0 radical (unpaired) electrons. The highest BCUT2D eigenvalue weighted by Crippen LogP contribution is 2.21. The Kier molecular flexibility index (Phi) is 7.22. The number of rotatable bonds is 8. The molecule has 1 fully saturated rings. The number of hydrogen-bond donors (Lipinski definition) is 4. The molecule has 3 rings (SSSR count). The number of imidazole rings is 1. The molecule has 156 valence electrons. The lowest BCUT2D eigenvalue weighted by atomic mass is 10.2. The normalized spacial score (nSPS) is 18.5. The predicted octanol–water partition coefficient (Wildman–Crippen LogP) is 0.497. The maximum absolute atomic E-state index is 12.4. The van der Waals surface area contributed by atoms with Gasteiger partial charge in [-0.05, 0) is 12.2 Å². The smallest absolute Gasteiger partial charge is 0.279 e. The van der Waals surface area contributed by atoms with Gasteiger partial charge in [-0.25, -0.2) is 23.7 Å². The maximum Gasteiger partial charge on any atom is 0.279 e. The molecule has 3 heterocycles. The molecule has 0 saturated carbocycles. The minimum absolute atomic E-state index is 0.191. The number of allylic oxidation sites excluding steroid dienone is 1. The molecule has 5 N–H and O–H groups in total. The first kappa shape index (κ1) is 21.3. The number of halogens is 2. The van der Waals surface area contributed by atoms with Gasteiger partial charge in [0.15, 0.2) is 0 Å². The monoisotopic (exact) mass is 426 g/mol. The minimum Gasteiger partial charge on any atom is -0.579 e. The zero-order chi connectivity index (χ0) is 20.8. The van der Waals surface area contributed by atoms with Crippen LogP contribution >= 0.6 is 0 Å². The van der Waals surface area contributed by atoms with Crippen LogP contribution in [0, 0.1) is 5.41 Å². The Balaban J connectivity index is 1.69. The van der Waals surface area contributed by atoms with Crippen LogP contribution < -0.4 is 14.8 Å². The molecule has 1 aliphatic rings. The Morgan fingerprint density at radius 1 is 1.52 bits per heavy atom. The lowest BCUT2D eigenvalue weighted by Gasteiger charge is -2.33. The molecule has 29 heavy (non-hydrogen) atoms. The number of nitrogens with one attached hydrogen (secondary N) is 3. The Bertz CT molecular complexity index is 863. The first-order chi connectivity index (χ1) is 13.9. The summed E-state index contributed by atoms with van der Waals surface area (Å²) in [6, 6.07) is 1.78. The third kappa shape index (κ3) is 6.01. The van der Waals surface area contributed by atoms with Crippen molar-refractivity contribution in [3.63, 3.8) is 0 Å². The van der Waals surface area contributed by atoms with E-state index in [4.69, 9.17) is 15.3 Å².